The quantitative estimate of drug-likeness (QED) is 0.736. The van der Waals surface area contributed by atoms with Crippen LogP contribution in [-0.2, 0) is 0 Å². The molecule has 0 radical (unpaired) electrons. The zero-order chi connectivity index (χ0) is 10.8. The summed E-state index contributed by atoms with van der Waals surface area (Å²) in [4.78, 5) is 0. The highest BCUT2D eigenvalue weighted by Gasteiger charge is 2.38. The van der Waals surface area contributed by atoms with Crippen molar-refractivity contribution in [3.05, 3.63) is 0 Å². The Balaban J connectivity index is 2.54. The van der Waals surface area contributed by atoms with Gasteiger partial charge >= 0.3 is 0 Å². The largest absolute Gasteiger partial charge is 0.389 e. The first kappa shape index (κ1) is 11.5. The van der Waals surface area contributed by atoms with Gasteiger partial charge in [0, 0.05) is 0 Å². The molecular formula is C12H21NO. The first-order chi connectivity index (χ1) is 6.49. The molecule has 1 rings (SSSR count). The molecule has 14 heavy (non-hydrogen) atoms. The second-order valence-electron chi connectivity index (χ2n) is 5.04. The molecule has 0 aromatic heterocycles. The minimum absolute atomic E-state index is 0.226. The fourth-order valence-electron chi connectivity index (χ4n) is 2.36. The van der Waals surface area contributed by atoms with Gasteiger partial charge in [0.2, 0.25) is 0 Å². The Morgan fingerprint density at radius 1 is 1.29 bits per heavy atom. The summed E-state index contributed by atoms with van der Waals surface area (Å²) < 4.78 is 0. The maximum Gasteiger partial charge on any atom is 0.0802 e. The molecule has 0 amide bonds. The minimum Gasteiger partial charge on any atom is -0.389 e. The zero-order valence-electron chi connectivity index (χ0n) is 9.45. The van der Waals surface area contributed by atoms with E-state index in [1.807, 2.05) is 6.92 Å². The Labute approximate surface area is 86.9 Å². The minimum atomic E-state index is -0.708. The van der Waals surface area contributed by atoms with Crippen LogP contribution >= 0.6 is 0 Å². The Morgan fingerprint density at radius 2 is 1.79 bits per heavy atom. The van der Waals surface area contributed by atoms with Crippen LogP contribution in [0.2, 0.25) is 0 Å². The lowest BCUT2D eigenvalue weighted by Crippen LogP contribution is -2.40. The summed E-state index contributed by atoms with van der Waals surface area (Å²) in [6.07, 6.45) is 3.73. The standard InChI is InChI=1S/C12H21NO/c1-9(2)11-4-6-12(14,7-5-11)10(3)8-13/h9-11,14H,4-7H2,1-3H3. The lowest BCUT2D eigenvalue weighted by atomic mass is 9.70. The van der Waals surface area contributed by atoms with E-state index in [9.17, 15) is 5.11 Å². The van der Waals surface area contributed by atoms with Gasteiger partial charge in [-0.1, -0.05) is 13.8 Å². The van der Waals surface area contributed by atoms with Gasteiger partial charge in [-0.2, -0.15) is 5.26 Å². The highest BCUT2D eigenvalue weighted by molar-refractivity contribution is 4.98. The molecule has 1 saturated carbocycles. The fraction of sp³-hybridized carbons (Fsp3) is 0.917. The molecule has 2 heteroatoms. The van der Waals surface area contributed by atoms with Crippen molar-refractivity contribution in [2.45, 2.75) is 52.1 Å². The maximum atomic E-state index is 10.2. The lowest BCUT2D eigenvalue weighted by Gasteiger charge is -2.39. The third-order valence-electron chi connectivity index (χ3n) is 3.84. The summed E-state index contributed by atoms with van der Waals surface area (Å²) in [5, 5.41) is 19.0. The summed E-state index contributed by atoms with van der Waals surface area (Å²) in [5.74, 6) is 1.22. The molecule has 0 spiro atoms. The molecule has 0 aromatic carbocycles. The number of hydrogen-bond acceptors (Lipinski definition) is 2. The van der Waals surface area contributed by atoms with Crippen molar-refractivity contribution in [3.63, 3.8) is 0 Å². The Hall–Kier alpha value is -0.550. The average Bonchev–Trinajstić information content (AvgIpc) is 2.17. The molecule has 0 aromatic rings. The van der Waals surface area contributed by atoms with E-state index in [1.54, 1.807) is 0 Å². The molecule has 1 atom stereocenters. The Bertz CT molecular complexity index is 221. The van der Waals surface area contributed by atoms with Crippen LogP contribution in [0.1, 0.15) is 46.5 Å². The smallest absolute Gasteiger partial charge is 0.0802 e. The van der Waals surface area contributed by atoms with Crippen molar-refractivity contribution in [3.8, 4) is 6.07 Å². The van der Waals surface area contributed by atoms with E-state index < -0.39 is 5.60 Å². The Morgan fingerprint density at radius 3 is 2.14 bits per heavy atom. The average molecular weight is 195 g/mol. The number of hydrogen-bond donors (Lipinski definition) is 1. The van der Waals surface area contributed by atoms with Crippen molar-refractivity contribution >= 4 is 0 Å². The molecule has 80 valence electrons. The maximum absolute atomic E-state index is 10.2. The van der Waals surface area contributed by atoms with Crippen molar-refractivity contribution in [1.29, 1.82) is 5.26 Å². The topological polar surface area (TPSA) is 44.0 Å². The highest BCUT2D eigenvalue weighted by Crippen LogP contribution is 2.39. The van der Waals surface area contributed by atoms with Crippen molar-refractivity contribution in [1.82, 2.24) is 0 Å². The summed E-state index contributed by atoms with van der Waals surface area (Å²) in [5.41, 5.74) is -0.708. The molecule has 0 bridgehead atoms. The van der Waals surface area contributed by atoms with Crippen molar-refractivity contribution in [2.75, 3.05) is 0 Å². The van der Waals surface area contributed by atoms with Gasteiger partial charge in [-0.25, -0.2) is 0 Å². The van der Waals surface area contributed by atoms with Crippen LogP contribution < -0.4 is 0 Å². The molecule has 0 saturated heterocycles. The second-order valence-corrected chi connectivity index (χ2v) is 5.04. The van der Waals surface area contributed by atoms with Crippen LogP contribution in [0.3, 0.4) is 0 Å². The molecule has 2 nitrogen and oxygen atoms in total. The molecule has 0 aliphatic heterocycles. The molecule has 1 aliphatic carbocycles. The van der Waals surface area contributed by atoms with Crippen LogP contribution in [0, 0.1) is 29.1 Å². The van der Waals surface area contributed by atoms with E-state index in [4.69, 9.17) is 5.26 Å². The van der Waals surface area contributed by atoms with E-state index in [0.29, 0.717) is 5.92 Å². The molecule has 0 heterocycles. The number of nitriles is 1. The number of nitrogens with zero attached hydrogens (tertiary/aromatic N) is 1. The first-order valence-electron chi connectivity index (χ1n) is 5.61. The molecule has 1 unspecified atom stereocenters. The lowest BCUT2D eigenvalue weighted by molar-refractivity contribution is -0.0413. The van der Waals surface area contributed by atoms with Crippen LogP contribution in [0.5, 0.6) is 0 Å². The van der Waals surface area contributed by atoms with Crippen molar-refractivity contribution < 1.29 is 5.11 Å². The summed E-state index contributed by atoms with van der Waals surface area (Å²) in [7, 11) is 0. The van der Waals surface area contributed by atoms with E-state index in [1.165, 1.54) is 0 Å². The summed E-state index contributed by atoms with van der Waals surface area (Å²) in [6, 6.07) is 2.17. The van der Waals surface area contributed by atoms with Crippen LogP contribution in [0.25, 0.3) is 0 Å². The Kier molecular flexibility index (Phi) is 3.55. The van der Waals surface area contributed by atoms with Gasteiger partial charge in [0.1, 0.15) is 0 Å². The van der Waals surface area contributed by atoms with Gasteiger partial charge in [-0.15, -0.1) is 0 Å². The SMILES string of the molecule is CC(C)C1CCC(O)(C(C)C#N)CC1. The number of aliphatic hydroxyl groups is 1. The molecule has 1 fully saturated rings. The third kappa shape index (κ3) is 2.27. The highest BCUT2D eigenvalue weighted by atomic mass is 16.3. The second kappa shape index (κ2) is 4.31. The van der Waals surface area contributed by atoms with Crippen LogP contribution in [-0.4, -0.2) is 10.7 Å². The van der Waals surface area contributed by atoms with Crippen LogP contribution in [0.15, 0.2) is 0 Å². The van der Waals surface area contributed by atoms with Gasteiger partial charge in [-0.3, -0.25) is 0 Å². The fourth-order valence-corrected chi connectivity index (χ4v) is 2.36. The first-order valence-corrected chi connectivity index (χ1v) is 5.61. The number of rotatable bonds is 2. The van der Waals surface area contributed by atoms with Gasteiger partial charge in [0.05, 0.1) is 17.6 Å². The van der Waals surface area contributed by atoms with Gasteiger partial charge in [0.15, 0.2) is 0 Å². The van der Waals surface area contributed by atoms with E-state index in [-0.39, 0.29) is 5.92 Å². The predicted molar refractivity (Wildman–Crippen MR) is 56.5 cm³/mol. The third-order valence-corrected chi connectivity index (χ3v) is 3.84. The van der Waals surface area contributed by atoms with Crippen molar-refractivity contribution in [2.24, 2.45) is 17.8 Å². The zero-order valence-corrected chi connectivity index (χ0v) is 9.45. The van der Waals surface area contributed by atoms with E-state index >= 15 is 0 Å². The normalized spacial score (nSPS) is 35.3. The van der Waals surface area contributed by atoms with Gasteiger partial charge in [-0.05, 0) is 44.4 Å². The van der Waals surface area contributed by atoms with Gasteiger partial charge < -0.3 is 5.11 Å². The molecular weight excluding hydrogens is 174 g/mol. The molecule has 1 N–H and O–H groups in total. The molecule has 1 aliphatic rings. The van der Waals surface area contributed by atoms with E-state index in [2.05, 4.69) is 19.9 Å². The summed E-state index contributed by atoms with van der Waals surface area (Å²) >= 11 is 0. The summed E-state index contributed by atoms with van der Waals surface area (Å²) in [6.45, 7) is 6.31. The van der Waals surface area contributed by atoms with Crippen LogP contribution in [0.4, 0.5) is 0 Å². The van der Waals surface area contributed by atoms with E-state index in [0.717, 1.165) is 31.6 Å². The predicted octanol–water partition coefficient (Wildman–Crippen LogP) is 2.72. The monoisotopic (exact) mass is 195 g/mol. The van der Waals surface area contributed by atoms with Gasteiger partial charge in [0.25, 0.3) is 0 Å².